The average molecular weight is 568 g/mol. The topological polar surface area (TPSA) is 98.1 Å². The average Bonchev–Trinajstić information content (AvgIpc) is 3.26. The van der Waals surface area contributed by atoms with Gasteiger partial charge in [0.25, 0.3) is 0 Å². The number of amides is 2. The molecule has 0 unspecified atom stereocenters. The summed E-state index contributed by atoms with van der Waals surface area (Å²) < 4.78 is 0. The Balaban J connectivity index is 1.42. The van der Waals surface area contributed by atoms with Crippen molar-refractivity contribution in [3.63, 3.8) is 0 Å². The van der Waals surface area contributed by atoms with Crippen LogP contribution in [0.25, 0.3) is 16.8 Å². The molecule has 0 saturated carbocycles. The molecule has 6 nitrogen and oxygen atoms in total. The Morgan fingerprint density at radius 2 is 1.64 bits per heavy atom. The van der Waals surface area contributed by atoms with Crippen molar-refractivity contribution in [3.8, 4) is 5.75 Å². The quantitative estimate of drug-likeness (QED) is 0.175. The number of aliphatic hydroxyl groups is 2. The maximum atomic E-state index is 13.7. The second kappa shape index (κ2) is 13.1. The zero-order valence-electron chi connectivity index (χ0n) is 24.5. The maximum absolute atomic E-state index is 13.7. The minimum absolute atomic E-state index is 0.217. The van der Waals surface area contributed by atoms with Crippen molar-refractivity contribution in [3.05, 3.63) is 89.0 Å². The number of imide groups is 1. The Bertz CT molecular complexity index is 1510. The number of aromatic hydroxyl groups is 1. The second-order valence-corrected chi connectivity index (χ2v) is 11.6. The van der Waals surface area contributed by atoms with Crippen molar-refractivity contribution in [2.24, 2.45) is 17.8 Å². The summed E-state index contributed by atoms with van der Waals surface area (Å²) in [5.74, 6) is -2.05. The molecular weight excluding hydrogens is 526 g/mol. The number of carbonyl (C=O) groups is 2. The molecule has 0 radical (unpaired) electrons. The van der Waals surface area contributed by atoms with Crippen LogP contribution >= 0.6 is 0 Å². The number of fused-ring (bicyclic) bond motifs is 2. The normalized spacial score (nSPS) is 21.8. The van der Waals surface area contributed by atoms with Crippen LogP contribution in [0.2, 0.25) is 0 Å². The van der Waals surface area contributed by atoms with Crippen LogP contribution in [0.5, 0.6) is 5.75 Å². The summed E-state index contributed by atoms with van der Waals surface area (Å²) in [6.07, 6.45) is 6.28. The number of hydrogen-bond acceptors (Lipinski definition) is 5. The summed E-state index contributed by atoms with van der Waals surface area (Å²) in [4.78, 5) is 28.5. The van der Waals surface area contributed by atoms with E-state index in [4.69, 9.17) is 0 Å². The molecule has 3 aromatic rings. The van der Waals surface area contributed by atoms with Crippen LogP contribution in [0.4, 0.5) is 5.69 Å². The van der Waals surface area contributed by atoms with Gasteiger partial charge >= 0.3 is 0 Å². The van der Waals surface area contributed by atoms with Gasteiger partial charge in [0.15, 0.2) is 0 Å². The molecule has 1 fully saturated rings. The molecule has 2 amide bonds. The molecule has 2 aliphatic rings. The number of para-hydroxylation sites is 1. The van der Waals surface area contributed by atoms with E-state index in [2.05, 4.69) is 19.9 Å². The molecule has 1 aliphatic heterocycles. The lowest BCUT2D eigenvalue weighted by molar-refractivity contribution is -0.123. The van der Waals surface area contributed by atoms with Crippen molar-refractivity contribution < 1.29 is 24.9 Å². The first-order chi connectivity index (χ1) is 20.4. The van der Waals surface area contributed by atoms with Gasteiger partial charge in [-0.3, -0.25) is 14.5 Å². The van der Waals surface area contributed by atoms with Gasteiger partial charge < -0.3 is 15.3 Å². The van der Waals surface area contributed by atoms with Crippen molar-refractivity contribution in [2.45, 2.75) is 64.9 Å². The third kappa shape index (κ3) is 5.66. The minimum Gasteiger partial charge on any atom is -0.507 e. The van der Waals surface area contributed by atoms with Crippen LogP contribution in [0.3, 0.4) is 0 Å². The molecular formula is C36H41NO5. The highest BCUT2D eigenvalue weighted by molar-refractivity contribution is 6.22. The molecule has 3 aromatic carbocycles. The molecule has 220 valence electrons. The number of rotatable bonds is 11. The number of aliphatic hydroxyl groups excluding tert-OH is 2. The first kappa shape index (κ1) is 29.7. The highest BCUT2D eigenvalue weighted by atomic mass is 16.3. The summed E-state index contributed by atoms with van der Waals surface area (Å²) >= 11 is 0. The van der Waals surface area contributed by atoms with Gasteiger partial charge in [-0.05, 0) is 66.8 Å². The summed E-state index contributed by atoms with van der Waals surface area (Å²) in [5, 5.41) is 34.4. The first-order valence-electron chi connectivity index (χ1n) is 15.2. The number of hydrogen-bond donors (Lipinski definition) is 3. The smallest absolute Gasteiger partial charge is 0.238 e. The molecule has 3 N–H and O–H groups in total. The van der Waals surface area contributed by atoms with Crippen LogP contribution in [0.1, 0.15) is 64.4 Å². The second-order valence-electron chi connectivity index (χ2n) is 11.6. The van der Waals surface area contributed by atoms with Gasteiger partial charge in [-0.1, -0.05) is 92.4 Å². The zero-order chi connectivity index (χ0) is 29.8. The molecule has 5 rings (SSSR count). The van der Waals surface area contributed by atoms with Gasteiger partial charge in [-0.2, -0.15) is 0 Å². The SMILES string of the molecule is CCCC1=C([C@H](O)CC/C(=C/c2ccc(O)c3ccccc23)CCC)[C@H](CO)[C@@H]2C(=O)N(c3ccccc3)C(=O)[C@@H]2C1. The van der Waals surface area contributed by atoms with Crippen LogP contribution in [-0.2, 0) is 9.59 Å². The number of nitrogens with zero attached hydrogens (tertiary/aromatic N) is 1. The highest BCUT2D eigenvalue weighted by Crippen LogP contribution is 2.48. The van der Waals surface area contributed by atoms with E-state index >= 15 is 0 Å². The van der Waals surface area contributed by atoms with Gasteiger partial charge in [0, 0.05) is 11.3 Å². The molecule has 4 atom stereocenters. The fourth-order valence-corrected chi connectivity index (χ4v) is 7.05. The van der Waals surface area contributed by atoms with E-state index in [0.717, 1.165) is 53.2 Å². The van der Waals surface area contributed by atoms with E-state index in [1.54, 1.807) is 30.3 Å². The monoisotopic (exact) mass is 567 g/mol. The lowest BCUT2D eigenvalue weighted by atomic mass is 9.67. The molecule has 6 heteroatoms. The van der Waals surface area contributed by atoms with Crippen LogP contribution in [0, 0.1) is 17.8 Å². The van der Waals surface area contributed by atoms with Gasteiger partial charge in [0.1, 0.15) is 5.75 Å². The molecule has 1 saturated heterocycles. The van der Waals surface area contributed by atoms with Crippen LogP contribution < -0.4 is 4.90 Å². The van der Waals surface area contributed by atoms with Gasteiger partial charge in [-0.15, -0.1) is 0 Å². The Morgan fingerprint density at radius 3 is 2.33 bits per heavy atom. The Morgan fingerprint density at radius 1 is 0.929 bits per heavy atom. The van der Waals surface area contributed by atoms with Gasteiger partial charge in [0.2, 0.25) is 11.8 Å². The summed E-state index contributed by atoms with van der Waals surface area (Å²) in [6.45, 7) is 3.91. The summed E-state index contributed by atoms with van der Waals surface area (Å²) in [6, 6.07) is 20.4. The molecule has 1 heterocycles. The van der Waals surface area contributed by atoms with Crippen molar-refractivity contribution >= 4 is 34.4 Å². The Hall–Kier alpha value is -3.74. The summed E-state index contributed by atoms with van der Waals surface area (Å²) in [7, 11) is 0. The van der Waals surface area contributed by atoms with E-state index in [0.29, 0.717) is 24.9 Å². The van der Waals surface area contributed by atoms with Crippen LogP contribution in [-0.4, -0.2) is 39.8 Å². The molecule has 1 aliphatic carbocycles. The Labute approximate surface area is 248 Å². The number of anilines is 1. The number of allylic oxidation sites excluding steroid dienone is 2. The maximum Gasteiger partial charge on any atom is 0.238 e. The van der Waals surface area contributed by atoms with Gasteiger partial charge in [-0.25, -0.2) is 0 Å². The first-order valence-corrected chi connectivity index (χ1v) is 15.2. The molecule has 42 heavy (non-hydrogen) atoms. The minimum atomic E-state index is -0.824. The predicted octanol–water partition coefficient (Wildman–Crippen LogP) is 6.78. The standard InChI is InChI=1S/C36H41NO5/c1-3-10-23(20-24-17-19-31(39)28-15-9-8-14-27(24)28)16-18-32(40)33-25(11-4-2)21-29-34(30(33)22-38)36(42)37(35(29)41)26-12-6-5-7-13-26/h5-9,12-15,17,19-20,29-30,32,34,38-40H,3-4,10-11,16,18,21-22H2,1-2H3/b23-20+/t29-,30+,32-,34-/m1/s1. The van der Waals surface area contributed by atoms with E-state index in [1.807, 2.05) is 36.4 Å². The van der Waals surface area contributed by atoms with E-state index in [-0.39, 0.29) is 24.2 Å². The summed E-state index contributed by atoms with van der Waals surface area (Å²) in [5.41, 5.74) is 4.53. The van der Waals surface area contributed by atoms with E-state index in [9.17, 15) is 24.9 Å². The van der Waals surface area contributed by atoms with Crippen molar-refractivity contribution in [1.29, 1.82) is 0 Å². The van der Waals surface area contributed by atoms with Crippen LogP contribution in [0.15, 0.2) is 83.4 Å². The van der Waals surface area contributed by atoms with Crippen molar-refractivity contribution in [1.82, 2.24) is 0 Å². The Kier molecular flexibility index (Phi) is 9.24. The third-order valence-electron chi connectivity index (χ3n) is 8.91. The van der Waals surface area contributed by atoms with E-state index in [1.165, 1.54) is 10.5 Å². The number of phenolic OH excluding ortho intramolecular Hbond substituents is 1. The zero-order valence-corrected chi connectivity index (χ0v) is 24.5. The molecule has 0 spiro atoms. The van der Waals surface area contributed by atoms with Crippen molar-refractivity contribution in [2.75, 3.05) is 11.5 Å². The fourth-order valence-electron chi connectivity index (χ4n) is 7.05. The number of phenols is 1. The highest BCUT2D eigenvalue weighted by Gasteiger charge is 2.55. The number of carbonyl (C=O) groups excluding carboxylic acids is 2. The predicted molar refractivity (Wildman–Crippen MR) is 167 cm³/mol. The fraction of sp³-hybridized carbons (Fsp3) is 0.389. The van der Waals surface area contributed by atoms with Gasteiger partial charge in [0.05, 0.1) is 30.2 Å². The molecule has 0 bridgehead atoms. The lowest BCUT2D eigenvalue weighted by Gasteiger charge is -2.36. The largest absolute Gasteiger partial charge is 0.507 e. The van der Waals surface area contributed by atoms with E-state index < -0.39 is 23.9 Å². The number of benzene rings is 3. The third-order valence-corrected chi connectivity index (χ3v) is 8.91. The lowest BCUT2D eigenvalue weighted by Crippen LogP contribution is -2.39. The molecule has 0 aromatic heterocycles.